The zero-order valence-electron chi connectivity index (χ0n) is 10.4. The summed E-state index contributed by atoms with van der Waals surface area (Å²) in [6.45, 7) is 1.33. The predicted octanol–water partition coefficient (Wildman–Crippen LogP) is 1.33. The molecule has 1 N–H and O–H groups in total. The summed E-state index contributed by atoms with van der Waals surface area (Å²) in [5.74, 6) is -0.981. The van der Waals surface area contributed by atoms with Gasteiger partial charge in [0, 0.05) is 22.6 Å². The van der Waals surface area contributed by atoms with Gasteiger partial charge in [-0.2, -0.15) is 0 Å². The van der Waals surface area contributed by atoms with Gasteiger partial charge in [-0.3, -0.25) is 19.1 Å². The van der Waals surface area contributed by atoms with Gasteiger partial charge < -0.3 is 9.84 Å². The first-order valence-corrected chi connectivity index (χ1v) is 6.65. The summed E-state index contributed by atoms with van der Waals surface area (Å²) in [5, 5.41) is 18.4. The van der Waals surface area contributed by atoms with Gasteiger partial charge in [-0.05, 0) is 18.6 Å². The van der Waals surface area contributed by atoms with Crippen molar-refractivity contribution in [3.05, 3.63) is 33.9 Å². The molecule has 1 aromatic rings. The quantitative estimate of drug-likeness (QED) is 0.624. The van der Waals surface area contributed by atoms with Crippen LogP contribution in [0.1, 0.15) is 12.5 Å². The molecule has 0 aromatic heterocycles. The number of non-ortho nitro benzene ring substituents is 1. The summed E-state index contributed by atoms with van der Waals surface area (Å²) < 4.78 is 16.7. The monoisotopic (exact) mass is 287 g/mol. The Bertz CT molecular complexity index is 530. The second kappa shape index (κ2) is 6.28. The zero-order chi connectivity index (χ0) is 14.6. The van der Waals surface area contributed by atoms with E-state index in [9.17, 15) is 19.1 Å². The molecule has 2 unspecified atom stereocenters. The third-order valence-corrected chi connectivity index (χ3v) is 4.06. The van der Waals surface area contributed by atoms with Crippen molar-refractivity contribution in [1.29, 1.82) is 0 Å². The largest absolute Gasteiger partial charge is 0.496 e. The number of aliphatic carboxylic acids is 1. The predicted molar refractivity (Wildman–Crippen MR) is 68.6 cm³/mol. The van der Waals surface area contributed by atoms with E-state index in [0.717, 1.165) is 0 Å². The Labute approximate surface area is 111 Å². The molecule has 0 aliphatic rings. The van der Waals surface area contributed by atoms with Crippen molar-refractivity contribution >= 4 is 22.5 Å². The van der Waals surface area contributed by atoms with Crippen LogP contribution in [0.2, 0.25) is 0 Å². The van der Waals surface area contributed by atoms with Crippen LogP contribution in [0.4, 0.5) is 5.69 Å². The highest BCUT2D eigenvalue weighted by molar-refractivity contribution is 7.85. The molecule has 104 valence electrons. The molecular weight excluding hydrogens is 274 g/mol. The maximum Gasteiger partial charge on any atom is 0.318 e. The first-order valence-electron chi connectivity index (χ1n) is 5.27. The average Bonchev–Trinajstić information content (AvgIpc) is 2.36. The third kappa shape index (κ3) is 4.02. The second-order valence-corrected chi connectivity index (χ2v) is 5.56. The Kier molecular flexibility index (Phi) is 4.99. The Morgan fingerprint density at radius 2 is 2.16 bits per heavy atom. The molecule has 1 rings (SSSR count). The number of nitrogens with zero attached hydrogens (tertiary/aromatic N) is 1. The molecule has 0 bridgehead atoms. The molecule has 7 nitrogen and oxygen atoms in total. The lowest BCUT2D eigenvalue weighted by molar-refractivity contribution is -0.385. The van der Waals surface area contributed by atoms with E-state index in [2.05, 4.69) is 0 Å². The minimum Gasteiger partial charge on any atom is -0.496 e. The van der Waals surface area contributed by atoms with Crippen molar-refractivity contribution in [2.75, 3.05) is 7.11 Å². The minimum absolute atomic E-state index is 0.0779. The van der Waals surface area contributed by atoms with Crippen LogP contribution >= 0.6 is 0 Å². The first-order chi connectivity index (χ1) is 8.85. The number of carboxylic acid groups (broad SMARTS) is 1. The molecule has 0 radical (unpaired) electrons. The molecule has 1 aromatic carbocycles. The average molecular weight is 287 g/mol. The number of carboxylic acids is 1. The van der Waals surface area contributed by atoms with Crippen molar-refractivity contribution in [1.82, 2.24) is 0 Å². The normalized spacial score (nSPS) is 13.6. The number of methoxy groups -OCH3 is 1. The molecule has 8 heteroatoms. The number of ether oxygens (including phenoxy) is 1. The van der Waals surface area contributed by atoms with E-state index in [1.807, 2.05) is 0 Å². The Hall–Kier alpha value is -1.96. The van der Waals surface area contributed by atoms with Crippen LogP contribution in [0.15, 0.2) is 18.2 Å². The van der Waals surface area contributed by atoms with Gasteiger partial charge in [0.1, 0.15) is 11.0 Å². The van der Waals surface area contributed by atoms with Gasteiger partial charge in [-0.1, -0.05) is 0 Å². The van der Waals surface area contributed by atoms with E-state index in [1.165, 1.54) is 32.2 Å². The molecule has 0 fully saturated rings. The van der Waals surface area contributed by atoms with Crippen LogP contribution < -0.4 is 4.74 Å². The van der Waals surface area contributed by atoms with Gasteiger partial charge >= 0.3 is 5.97 Å². The fourth-order valence-electron chi connectivity index (χ4n) is 1.35. The van der Waals surface area contributed by atoms with Crippen molar-refractivity contribution < 1.29 is 23.8 Å². The molecule has 19 heavy (non-hydrogen) atoms. The van der Waals surface area contributed by atoms with Gasteiger partial charge in [0.15, 0.2) is 0 Å². The standard InChI is InChI=1S/C11H13NO6S/c1-7(11(13)14)19(17)6-8-3-9(12(15)16)5-10(4-8)18-2/h3-5,7H,6H2,1-2H3,(H,13,14). The number of rotatable bonds is 6. The highest BCUT2D eigenvalue weighted by atomic mass is 32.2. The molecule has 0 saturated carbocycles. The second-order valence-electron chi connectivity index (χ2n) is 3.80. The molecule has 0 saturated heterocycles. The third-order valence-electron chi connectivity index (χ3n) is 2.45. The molecule has 0 heterocycles. The van der Waals surface area contributed by atoms with Crippen LogP contribution in [0.5, 0.6) is 5.75 Å². The van der Waals surface area contributed by atoms with Crippen molar-refractivity contribution in [2.24, 2.45) is 0 Å². The molecular formula is C11H13NO6S. The van der Waals surface area contributed by atoms with Crippen LogP contribution in [-0.2, 0) is 21.3 Å². The van der Waals surface area contributed by atoms with E-state index in [0.29, 0.717) is 5.56 Å². The lowest BCUT2D eigenvalue weighted by Crippen LogP contribution is -2.22. The topological polar surface area (TPSA) is 107 Å². The van der Waals surface area contributed by atoms with E-state index >= 15 is 0 Å². The fraction of sp³-hybridized carbons (Fsp3) is 0.364. The van der Waals surface area contributed by atoms with Crippen LogP contribution in [-0.4, -0.2) is 32.6 Å². The summed E-state index contributed by atoms with van der Waals surface area (Å²) in [6, 6.07) is 4.00. The highest BCUT2D eigenvalue weighted by Crippen LogP contribution is 2.23. The minimum atomic E-state index is -1.66. The summed E-state index contributed by atoms with van der Waals surface area (Å²) in [4.78, 5) is 20.8. The van der Waals surface area contributed by atoms with Gasteiger partial charge in [0.25, 0.3) is 5.69 Å². The summed E-state index contributed by atoms with van der Waals surface area (Å²) in [7, 11) is -0.295. The number of hydrogen-bond donors (Lipinski definition) is 1. The Morgan fingerprint density at radius 3 is 2.63 bits per heavy atom. The fourth-order valence-corrected chi connectivity index (χ4v) is 2.32. The summed E-state index contributed by atoms with van der Waals surface area (Å²) >= 11 is 0. The van der Waals surface area contributed by atoms with E-state index in [1.54, 1.807) is 0 Å². The molecule has 0 amide bonds. The van der Waals surface area contributed by atoms with Gasteiger partial charge in [-0.25, -0.2) is 0 Å². The van der Waals surface area contributed by atoms with Crippen molar-refractivity contribution in [3.63, 3.8) is 0 Å². The van der Waals surface area contributed by atoms with Crippen molar-refractivity contribution in [3.8, 4) is 5.75 Å². The van der Waals surface area contributed by atoms with Crippen LogP contribution in [0.3, 0.4) is 0 Å². The molecule has 0 aliphatic heterocycles. The first kappa shape index (κ1) is 15.1. The molecule has 0 spiro atoms. The Morgan fingerprint density at radius 1 is 1.53 bits per heavy atom. The SMILES string of the molecule is COc1cc(CS(=O)C(C)C(=O)O)cc([N+](=O)[O-])c1. The number of carbonyl (C=O) groups is 1. The Balaban J connectivity index is 3.00. The van der Waals surface area contributed by atoms with E-state index < -0.39 is 26.9 Å². The van der Waals surface area contributed by atoms with E-state index in [4.69, 9.17) is 9.84 Å². The van der Waals surface area contributed by atoms with Crippen LogP contribution in [0.25, 0.3) is 0 Å². The number of benzene rings is 1. The lowest BCUT2D eigenvalue weighted by atomic mass is 10.2. The van der Waals surface area contributed by atoms with Crippen LogP contribution in [0, 0.1) is 10.1 Å². The summed E-state index contributed by atoms with van der Waals surface area (Å²) in [5.41, 5.74) is 0.215. The van der Waals surface area contributed by atoms with Gasteiger partial charge in [0.05, 0.1) is 18.1 Å². The number of nitro groups is 1. The van der Waals surface area contributed by atoms with Gasteiger partial charge in [0.2, 0.25) is 0 Å². The molecule has 2 atom stereocenters. The zero-order valence-corrected chi connectivity index (χ0v) is 11.2. The lowest BCUT2D eigenvalue weighted by Gasteiger charge is -2.08. The maximum absolute atomic E-state index is 11.8. The van der Waals surface area contributed by atoms with E-state index in [-0.39, 0.29) is 17.2 Å². The summed E-state index contributed by atoms with van der Waals surface area (Å²) in [6.07, 6.45) is 0. The molecule has 0 aliphatic carbocycles. The number of hydrogen-bond acceptors (Lipinski definition) is 5. The van der Waals surface area contributed by atoms with Crippen molar-refractivity contribution in [2.45, 2.75) is 17.9 Å². The smallest absolute Gasteiger partial charge is 0.318 e. The number of nitro benzene ring substituents is 1. The van der Waals surface area contributed by atoms with Gasteiger partial charge in [-0.15, -0.1) is 0 Å². The maximum atomic E-state index is 11.8. The highest BCUT2D eigenvalue weighted by Gasteiger charge is 2.20.